The molecule has 0 saturated carbocycles. The van der Waals surface area contributed by atoms with Crippen molar-refractivity contribution in [2.45, 2.75) is 13.8 Å². The predicted molar refractivity (Wildman–Crippen MR) is 73.2 cm³/mol. The van der Waals surface area contributed by atoms with Crippen LogP contribution in [0.15, 0.2) is 48.5 Å². The highest BCUT2D eigenvalue weighted by molar-refractivity contribution is 5.86. The summed E-state index contributed by atoms with van der Waals surface area (Å²) < 4.78 is 0. The lowest BCUT2D eigenvalue weighted by molar-refractivity contribution is 1.42. The van der Waals surface area contributed by atoms with Gasteiger partial charge in [-0.3, -0.25) is 0 Å². The highest BCUT2D eigenvalue weighted by Crippen LogP contribution is 2.24. The third kappa shape index (κ3) is 1.84. The van der Waals surface area contributed by atoms with Crippen LogP contribution in [0.4, 0.5) is 0 Å². The van der Waals surface area contributed by atoms with Crippen molar-refractivity contribution in [1.29, 1.82) is 0 Å². The molecule has 84 valence electrons. The molecule has 1 heteroatoms. The van der Waals surface area contributed by atoms with Crippen LogP contribution in [0.1, 0.15) is 11.1 Å². The second kappa shape index (κ2) is 3.77. The largest absolute Gasteiger partial charge is 0.355 e. The maximum atomic E-state index is 3.46. The molecule has 17 heavy (non-hydrogen) atoms. The third-order valence-corrected chi connectivity index (χ3v) is 3.14. The van der Waals surface area contributed by atoms with Crippen LogP contribution in [-0.2, 0) is 0 Å². The molecular weight excluding hydrogens is 206 g/mol. The van der Waals surface area contributed by atoms with Gasteiger partial charge in [-0.25, -0.2) is 0 Å². The molecule has 3 aromatic rings. The standard InChI is InChI=1S/C16H15N/c1-11-3-6-13(7-4-11)16-10-14-9-12(2)5-8-15(14)17-16/h3-10,17H,1-2H3. The highest BCUT2D eigenvalue weighted by atomic mass is 14.7. The zero-order chi connectivity index (χ0) is 11.8. The van der Waals surface area contributed by atoms with Crippen LogP contribution in [0.2, 0.25) is 0 Å². The van der Waals surface area contributed by atoms with Crippen LogP contribution in [-0.4, -0.2) is 4.98 Å². The van der Waals surface area contributed by atoms with E-state index >= 15 is 0 Å². The van der Waals surface area contributed by atoms with Gasteiger partial charge in [0.1, 0.15) is 0 Å². The zero-order valence-electron chi connectivity index (χ0n) is 10.1. The molecule has 1 N–H and O–H groups in total. The Labute approximate surface area is 101 Å². The quantitative estimate of drug-likeness (QED) is 0.624. The molecule has 0 amide bonds. The maximum absolute atomic E-state index is 3.46. The molecule has 0 saturated heterocycles. The van der Waals surface area contributed by atoms with Crippen LogP contribution in [0.25, 0.3) is 22.2 Å². The Kier molecular flexibility index (Phi) is 2.25. The third-order valence-electron chi connectivity index (χ3n) is 3.14. The van der Waals surface area contributed by atoms with E-state index in [0.717, 1.165) is 0 Å². The average molecular weight is 221 g/mol. The second-order valence-electron chi connectivity index (χ2n) is 4.64. The van der Waals surface area contributed by atoms with E-state index in [1.807, 2.05) is 0 Å². The molecule has 1 heterocycles. The Hall–Kier alpha value is -2.02. The molecule has 1 aromatic heterocycles. The van der Waals surface area contributed by atoms with Gasteiger partial charge >= 0.3 is 0 Å². The van der Waals surface area contributed by atoms with Gasteiger partial charge in [-0.1, -0.05) is 41.5 Å². The lowest BCUT2D eigenvalue weighted by Gasteiger charge is -1.97. The average Bonchev–Trinajstić information content (AvgIpc) is 2.72. The number of H-pyrrole nitrogens is 1. The smallest absolute Gasteiger partial charge is 0.0464 e. The van der Waals surface area contributed by atoms with Crippen molar-refractivity contribution in [1.82, 2.24) is 4.98 Å². The van der Waals surface area contributed by atoms with Crippen molar-refractivity contribution in [2.75, 3.05) is 0 Å². The summed E-state index contributed by atoms with van der Waals surface area (Å²) in [6.07, 6.45) is 0. The van der Waals surface area contributed by atoms with E-state index < -0.39 is 0 Å². The van der Waals surface area contributed by atoms with E-state index in [-0.39, 0.29) is 0 Å². The number of fused-ring (bicyclic) bond motifs is 1. The van der Waals surface area contributed by atoms with Crippen LogP contribution in [0.5, 0.6) is 0 Å². The molecule has 3 rings (SSSR count). The molecule has 0 aliphatic rings. The van der Waals surface area contributed by atoms with Gasteiger partial charge in [-0.15, -0.1) is 0 Å². The first-order valence-corrected chi connectivity index (χ1v) is 5.89. The summed E-state index contributed by atoms with van der Waals surface area (Å²) >= 11 is 0. The van der Waals surface area contributed by atoms with Gasteiger partial charge < -0.3 is 4.98 Å². The Morgan fingerprint density at radius 1 is 0.765 bits per heavy atom. The van der Waals surface area contributed by atoms with E-state index in [4.69, 9.17) is 0 Å². The summed E-state index contributed by atoms with van der Waals surface area (Å²) in [5.74, 6) is 0. The van der Waals surface area contributed by atoms with Gasteiger partial charge in [0, 0.05) is 16.6 Å². The van der Waals surface area contributed by atoms with Gasteiger partial charge in [0.15, 0.2) is 0 Å². The van der Waals surface area contributed by atoms with Crippen LogP contribution in [0, 0.1) is 13.8 Å². The number of aryl methyl sites for hydroxylation is 2. The summed E-state index contributed by atoms with van der Waals surface area (Å²) in [6, 6.07) is 17.3. The van der Waals surface area contributed by atoms with E-state index in [1.165, 1.54) is 33.3 Å². The van der Waals surface area contributed by atoms with Crippen molar-refractivity contribution in [2.24, 2.45) is 0 Å². The minimum atomic E-state index is 1.19. The van der Waals surface area contributed by atoms with E-state index in [0.29, 0.717) is 0 Å². The van der Waals surface area contributed by atoms with E-state index in [1.54, 1.807) is 0 Å². The number of benzene rings is 2. The maximum Gasteiger partial charge on any atom is 0.0464 e. The molecule has 1 nitrogen and oxygen atoms in total. The second-order valence-corrected chi connectivity index (χ2v) is 4.64. The predicted octanol–water partition coefficient (Wildman–Crippen LogP) is 4.45. The Balaban J connectivity index is 2.14. The van der Waals surface area contributed by atoms with Crippen LogP contribution < -0.4 is 0 Å². The SMILES string of the molecule is Cc1ccc(-c2cc3cc(C)ccc3[nH]2)cc1. The van der Waals surface area contributed by atoms with Crippen molar-refractivity contribution in [3.05, 3.63) is 59.7 Å². The summed E-state index contributed by atoms with van der Waals surface area (Å²) in [7, 11) is 0. The molecule has 0 unspecified atom stereocenters. The molecule has 0 radical (unpaired) electrons. The Morgan fingerprint density at radius 3 is 2.24 bits per heavy atom. The molecule has 0 atom stereocenters. The van der Waals surface area contributed by atoms with Crippen molar-refractivity contribution < 1.29 is 0 Å². The minimum absolute atomic E-state index is 1.19. The number of hydrogen-bond acceptors (Lipinski definition) is 0. The van der Waals surface area contributed by atoms with E-state index in [2.05, 4.69) is 67.4 Å². The first-order chi connectivity index (χ1) is 8.22. The van der Waals surface area contributed by atoms with Gasteiger partial charge in [-0.2, -0.15) is 0 Å². The van der Waals surface area contributed by atoms with Crippen LogP contribution >= 0.6 is 0 Å². The van der Waals surface area contributed by atoms with Gasteiger partial charge in [0.05, 0.1) is 0 Å². The summed E-state index contributed by atoms with van der Waals surface area (Å²) in [6.45, 7) is 4.23. The number of aromatic amines is 1. The van der Waals surface area contributed by atoms with Crippen LogP contribution in [0.3, 0.4) is 0 Å². The lowest BCUT2D eigenvalue weighted by atomic mass is 10.1. The number of rotatable bonds is 1. The van der Waals surface area contributed by atoms with Crippen molar-refractivity contribution >= 4 is 10.9 Å². The Bertz CT molecular complexity index is 660. The molecule has 2 aromatic carbocycles. The van der Waals surface area contributed by atoms with Gasteiger partial charge in [0.2, 0.25) is 0 Å². The topological polar surface area (TPSA) is 15.8 Å². The molecule has 0 spiro atoms. The van der Waals surface area contributed by atoms with Gasteiger partial charge in [0.25, 0.3) is 0 Å². The fraction of sp³-hybridized carbons (Fsp3) is 0.125. The van der Waals surface area contributed by atoms with Gasteiger partial charge in [-0.05, 0) is 37.6 Å². The first kappa shape index (κ1) is 10.2. The van der Waals surface area contributed by atoms with E-state index in [9.17, 15) is 0 Å². The molecule has 0 bridgehead atoms. The summed E-state index contributed by atoms with van der Waals surface area (Å²) in [5.41, 5.74) is 6.22. The summed E-state index contributed by atoms with van der Waals surface area (Å²) in [5, 5.41) is 1.28. The minimum Gasteiger partial charge on any atom is -0.355 e. The molecule has 0 aliphatic carbocycles. The highest BCUT2D eigenvalue weighted by Gasteiger charge is 2.02. The molecule has 0 aliphatic heterocycles. The fourth-order valence-corrected chi connectivity index (χ4v) is 2.14. The molecule has 0 fully saturated rings. The van der Waals surface area contributed by atoms with Crippen molar-refractivity contribution in [3.8, 4) is 11.3 Å². The normalized spacial score (nSPS) is 10.9. The monoisotopic (exact) mass is 221 g/mol. The number of nitrogens with one attached hydrogen (secondary N) is 1. The molecular formula is C16H15N. The number of aromatic nitrogens is 1. The fourth-order valence-electron chi connectivity index (χ4n) is 2.14. The summed E-state index contributed by atoms with van der Waals surface area (Å²) in [4.78, 5) is 3.46. The lowest BCUT2D eigenvalue weighted by Crippen LogP contribution is -1.77. The Morgan fingerprint density at radius 2 is 1.47 bits per heavy atom. The van der Waals surface area contributed by atoms with Crippen molar-refractivity contribution in [3.63, 3.8) is 0 Å². The number of hydrogen-bond donors (Lipinski definition) is 1. The first-order valence-electron chi connectivity index (χ1n) is 5.89. The zero-order valence-corrected chi connectivity index (χ0v) is 10.1.